The van der Waals surface area contributed by atoms with Gasteiger partial charge in [0, 0.05) is 5.56 Å². The minimum Gasteiger partial charge on any atom is -0.494 e. The Morgan fingerprint density at radius 3 is 2.90 bits per heavy atom. The summed E-state index contributed by atoms with van der Waals surface area (Å²) in [5, 5.41) is 13.4. The maximum Gasteiger partial charge on any atom is 0.165 e. The Balaban J connectivity index is 2.20. The SMILES string of the molecule is CCCNC(C)c1nnc(-c2ccc(F)c(OC)c2)s1. The zero-order valence-electron chi connectivity index (χ0n) is 11.8. The molecule has 2 aromatic rings. The Morgan fingerprint density at radius 1 is 1.40 bits per heavy atom. The molecule has 1 atom stereocenters. The highest BCUT2D eigenvalue weighted by atomic mass is 32.1. The smallest absolute Gasteiger partial charge is 0.165 e. The molecule has 1 unspecified atom stereocenters. The first-order chi connectivity index (χ1) is 9.65. The zero-order chi connectivity index (χ0) is 14.5. The predicted octanol–water partition coefficient (Wildman–Crippen LogP) is 3.41. The zero-order valence-corrected chi connectivity index (χ0v) is 12.6. The van der Waals surface area contributed by atoms with Gasteiger partial charge in [0.15, 0.2) is 11.6 Å². The summed E-state index contributed by atoms with van der Waals surface area (Å²) in [6.07, 6.45) is 1.07. The van der Waals surface area contributed by atoms with E-state index in [9.17, 15) is 4.39 Å². The predicted molar refractivity (Wildman–Crippen MR) is 78.6 cm³/mol. The number of nitrogens with one attached hydrogen (secondary N) is 1. The van der Waals surface area contributed by atoms with Crippen molar-refractivity contribution in [3.8, 4) is 16.3 Å². The monoisotopic (exact) mass is 295 g/mol. The largest absolute Gasteiger partial charge is 0.494 e. The van der Waals surface area contributed by atoms with Crippen LogP contribution in [0.25, 0.3) is 10.6 Å². The minimum atomic E-state index is -0.376. The van der Waals surface area contributed by atoms with Gasteiger partial charge in [0.05, 0.1) is 13.2 Å². The van der Waals surface area contributed by atoms with Crippen LogP contribution in [0.4, 0.5) is 4.39 Å². The summed E-state index contributed by atoms with van der Waals surface area (Å²) in [6, 6.07) is 4.88. The van der Waals surface area contributed by atoms with Crippen LogP contribution >= 0.6 is 11.3 Å². The van der Waals surface area contributed by atoms with Gasteiger partial charge in [0.25, 0.3) is 0 Å². The van der Waals surface area contributed by atoms with Crippen LogP contribution < -0.4 is 10.1 Å². The van der Waals surface area contributed by atoms with Crippen molar-refractivity contribution >= 4 is 11.3 Å². The van der Waals surface area contributed by atoms with Crippen LogP contribution in [-0.4, -0.2) is 23.9 Å². The average Bonchev–Trinajstić information content (AvgIpc) is 2.95. The number of ether oxygens (including phenoxy) is 1. The van der Waals surface area contributed by atoms with Gasteiger partial charge in [-0.3, -0.25) is 0 Å². The fraction of sp³-hybridized carbons (Fsp3) is 0.429. The molecule has 1 heterocycles. The molecule has 0 bridgehead atoms. The Kier molecular flexibility index (Phi) is 5.03. The lowest BCUT2D eigenvalue weighted by Gasteiger charge is -2.08. The van der Waals surface area contributed by atoms with Crippen molar-refractivity contribution in [2.24, 2.45) is 0 Å². The van der Waals surface area contributed by atoms with Crippen molar-refractivity contribution in [3.63, 3.8) is 0 Å². The Morgan fingerprint density at radius 2 is 2.20 bits per heavy atom. The van der Waals surface area contributed by atoms with Gasteiger partial charge in [-0.25, -0.2) is 4.39 Å². The van der Waals surface area contributed by atoms with E-state index in [1.165, 1.54) is 24.5 Å². The van der Waals surface area contributed by atoms with Crippen molar-refractivity contribution in [1.82, 2.24) is 15.5 Å². The standard InChI is InChI=1S/C14H18FN3OS/c1-4-7-16-9(2)13-17-18-14(20-13)10-5-6-11(15)12(8-10)19-3/h5-6,8-9,16H,4,7H2,1-3H3. The Bertz CT molecular complexity index is 573. The summed E-state index contributed by atoms with van der Waals surface area (Å²) >= 11 is 1.51. The lowest BCUT2D eigenvalue weighted by molar-refractivity contribution is 0.387. The van der Waals surface area contributed by atoms with E-state index in [-0.39, 0.29) is 17.6 Å². The van der Waals surface area contributed by atoms with E-state index < -0.39 is 0 Å². The number of methoxy groups -OCH3 is 1. The van der Waals surface area contributed by atoms with Crippen LogP contribution in [0.15, 0.2) is 18.2 Å². The molecule has 0 radical (unpaired) electrons. The summed E-state index contributed by atoms with van der Waals surface area (Å²) in [5.41, 5.74) is 0.815. The molecule has 0 aliphatic rings. The van der Waals surface area contributed by atoms with Gasteiger partial charge in [-0.2, -0.15) is 0 Å². The Hall–Kier alpha value is -1.53. The summed E-state index contributed by atoms with van der Waals surface area (Å²) < 4.78 is 18.4. The third-order valence-electron chi connectivity index (χ3n) is 2.91. The molecule has 0 amide bonds. The molecule has 6 heteroatoms. The summed E-state index contributed by atoms with van der Waals surface area (Å²) in [7, 11) is 1.45. The minimum absolute atomic E-state index is 0.170. The maximum absolute atomic E-state index is 13.4. The number of hydrogen-bond donors (Lipinski definition) is 1. The normalized spacial score (nSPS) is 12.4. The number of rotatable bonds is 6. The van der Waals surface area contributed by atoms with Gasteiger partial charge >= 0.3 is 0 Å². The van der Waals surface area contributed by atoms with Crippen LogP contribution in [-0.2, 0) is 0 Å². The van der Waals surface area contributed by atoms with Gasteiger partial charge in [-0.05, 0) is 38.1 Å². The van der Waals surface area contributed by atoms with Gasteiger partial charge < -0.3 is 10.1 Å². The molecule has 0 saturated carbocycles. The van der Waals surface area contributed by atoms with Gasteiger partial charge in [-0.1, -0.05) is 18.3 Å². The van der Waals surface area contributed by atoms with Crippen molar-refractivity contribution in [2.75, 3.05) is 13.7 Å². The van der Waals surface area contributed by atoms with Gasteiger partial charge in [0.1, 0.15) is 10.0 Å². The number of aromatic nitrogens is 2. The van der Waals surface area contributed by atoms with Crippen LogP contribution in [0.5, 0.6) is 5.75 Å². The van der Waals surface area contributed by atoms with E-state index in [1.807, 2.05) is 0 Å². The second-order valence-corrected chi connectivity index (χ2v) is 5.48. The van der Waals surface area contributed by atoms with Crippen molar-refractivity contribution in [1.29, 1.82) is 0 Å². The van der Waals surface area contributed by atoms with Crippen molar-refractivity contribution < 1.29 is 9.13 Å². The first-order valence-electron chi connectivity index (χ1n) is 6.56. The highest BCUT2D eigenvalue weighted by Gasteiger charge is 2.13. The topological polar surface area (TPSA) is 47.0 Å². The molecule has 20 heavy (non-hydrogen) atoms. The average molecular weight is 295 g/mol. The second-order valence-electron chi connectivity index (χ2n) is 4.47. The molecular weight excluding hydrogens is 277 g/mol. The lowest BCUT2D eigenvalue weighted by atomic mass is 10.2. The van der Waals surface area contributed by atoms with E-state index in [0.717, 1.165) is 28.5 Å². The Labute approximate surface area is 122 Å². The third kappa shape index (κ3) is 3.32. The number of nitrogens with zero attached hydrogens (tertiary/aromatic N) is 2. The van der Waals surface area contributed by atoms with Crippen LogP contribution in [0, 0.1) is 5.82 Å². The molecule has 4 nitrogen and oxygen atoms in total. The molecule has 1 N–H and O–H groups in total. The summed E-state index contributed by atoms with van der Waals surface area (Å²) in [6.45, 7) is 5.13. The molecule has 0 saturated heterocycles. The first-order valence-corrected chi connectivity index (χ1v) is 7.38. The maximum atomic E-state index is 13.4. The molecule has 0 fully saturated rings. The fourth-order valence-corrected chi connectivity index (χ4v) is 2.63. The molecule has 0 aliphatic carbocycles. The lowest BCUT2D eigenvalue weighted by Crippen LogP contribution is -2.18. The van der Waals surface area contributed by atoms with E-state index >= 15 is 0 Å². The molecular formula is C14H18FN3OS. The molecule has 0 aliphatic heterocycles. The molecule has 0 spiro atoms. The third-order valence-corrected chi connectivity index (χ3v) is 4.06. The van der Waals surface area contributed by atoms with Crippen LogP contribution in [0.2, 0.25) is 0 Å². The van der Waals surface area contributed by atoms with Crippen molar-refractivity contribution in [2.45, 2.75) is 26.3 Å². The number of benzene rings is 1. The molecule has 2 rings (SSSR count). The molecule has 1 aromatic carbocycles. The van der Waals surface area contributed by atoms with Gasteiger partial charge in [0.2, 0.25) is 0 Å². The van der Waals surface area contributed by atoms with E-state index in [2.05, 4.69) is 29.4 Å². The van der Waals surface area contributed by atoms with E-state index in [4.69, 9.17) is 4.74 Å². The summed E-state index contributed by atoms with van der Waals surface area (Å²) in [4.78, 5) is 0. The van der Waals surface area contributed by atoms with Crippen LogP contribution in [0.3, 0.4) is 0 Å². The second kappa shape index (κ2) is 6.76. The van der Waals surface area contributed by atoms with Gasteiger partial charge in [-0.15, -0.1) is 10.2 Å². The number of hydrogen-bond acceptors (Lipinski definition) is 5. The van der Waals surface area contributed by atoms with Crippen molar-refractivity contribution in [3.05, 3.63) is 29.0 Å². The van der Waals surface area contributed by atoms with Crippen LogP contribution in [0.1, 0.15) is 31.3 Å². The van der Waals surface area contributed by atoms with E-state index in [0.29, 0.717) is 0 Å². The fourth-order valence-electron chi connectivity index (χ4n) is 1.77. The molecule has 108 valence electrons. The highest BCUT2D eigenvalue weighted by Crippen LogP contribution is 2.30. The first kappa shape index (κ1) is 14.9. The number of halogens is 1. The quantitative estimate of drug-likeness (QED) is 0.887. The summed E-state index contributed by atoms with van der Waals surface area (Å²) in [5.74, 6) is -0.157. The molecule has 1 aromatic heterocycles. The van der Waals surface area contributed by atoms with E-state index in [1.54, 1.807) is 12.1 Å². The highest BCUT2D eigenvalue weighted by molar-refractivity contribution is 7.14.